The lowest BCUT2D eigenvalue weighted by Crippen LogP contribution is -2.45. The van der Waals surface area contributed by atoms with Crippen molar-refractivity contribution in [2.75, 3.05) is 13.2 Å². The van der Waals surface area contributed by atoms with Crippen LogP contribution in [-0.2, 0) is 14.3 Å². The van der Waals surface area contributed by atoms with Crippen LogP contribution in [0.25, 0.3) is 0 Å². The second-order valence-corrected chi connectivity index (χ2v) is 22.5. The van der Waals surface area contributed by atoms with Gasteiger partial charge in [-0.05, 0) is 25.7 Å². The van der Waals surface area contributed by atoms with Crippen molar-refractivity contribution in [3.05, 3.63) is 0 Å². The molecule has 0 aliphatic rings. The van der Waals surface area contributed by atoms with Gasteiger partial charge in [0.05, 0.1) is 25.4 Å². The van der Waals surface area contributed by atoms with Crippen LogP contribution in [0.5, 0.6) is 0 Å². The van der Waals surface area contributed by atoms with Crippen LogP contribution >= 0.6 is 0 Å². The third-order valence-corrected chi connectivity index (χ3v) is 15.4. The number of amides is 1. The van der Waals surface area contributed by atoms with Crippen LogP contribution in [0.4, 0.5) is 0 Å². The van der Waals surface area contributed by atoms with Gasteiger partial charge < -0.3 is 20.3 Å². The molecular formula is C64H127NO5. The molecule has 0 saturated carbocycles. The fourth-order valence-corrected chi connectivity index (χ4v) is 10.5. The standard InChI is InChI=1S/C64H127NO5/c1-3-5-7-9-11-13-15-17-19-26-30-34-38-42-46-50-54-58-64(69)70-59-55-51-47-43-39-35-31-28-25-23-21-20-22-24-27-29-33-37-41-45-49-53-57-63(68)65-61(60-66)62(67)56-52-48-44-40-36-32-18-16-14-12-10-8-6-4-2/h61-62,66-67H,3-60H2,1-2H3,(H,65,68). The summed E-state index contributed by atoms with van der Waals surface area (Å²) in [6.45, 7) is 4.99. The number of carbonyl (C=O) groups is 2. The summed E-state index contributed by atoms with van der Waals surface area (Å²) in [5, 5.41) is 23.3. The minimum atomic E-state index is -0.663. The zero-order valence-electron chi connectivity index (χ0n) is 47.8. The van der Waals surface area contributed by atoms with E-state index in [-0.39, 0.29) is 18.5 Å². The van der Waals surface area contributed by atoms with Crippen LogP contribution in [-0.4, -0.2) is 47.4 Å². The van der Waals surface area contributed by atoms with E-state index in [9.17, 15) is 19.8 Å². The molecule has 0 heterocycles. The van der Waals surface area contributed by atoms with Gasteiger partial charge in [0, 0.05) is 12.8 Å². The largest absolute Gasteiger partial charge is 0.466 e. The molecule has 0 aliphatic heterocycles. The fraction of sp³-hybridized carbons (Fsp3) is 0.969. The Hall–Kier alpha value is -1.14. The van der Waals surface area contributed by atoms with Crippen molar-refractivity contribution in [2.24, 2.45) is 0 Å². The van der Waals surface area contributed by atoms with Gasteiger partial charge in [-0.2, -0.15) is 0 Å². The van der Waals surface area contributed by atoms with Crippen LogP contribution < -0.4 is 5.32 Å². The summed E-state index contributed by atoms with van der Waals surface area (Å²) >= 11 is 0. The molecule has 2 unspecified atom stereocenters. The van der Waals surface area contributed by atoms with Crippen molar-refractivity contribution in [1.29, 1.82) is 0 Å². The molecule has 0 spiro atoms. The first-order valence-corrected chi connectivity index (χ1v) is 32.3. The molecule has 0 aliphatic carbocycles. The first-order valence-electron chi connectivity index (χ1n) is 32.3. The van der Waals surface area contributed by atoms with Crippen molar-refractivity contribution >= 4 is 11.9 Å². The third-order valence-electron chi connectivity index (χ3n) is 15.4. The number of nitrogens with one attached hydrogen (secondary N) is 1. The molecule has 0 aromatic rings. The molecule has 6 heteroatoms. The molecule has 1 amide bonds. The van der Waals surface area contributed by atoms with Crippen LogP contribution in [0.3, 0.4) is 0 Å². The number of hydrogen-bond acceptors (Lipinski definition) is 5. The average molecular weight is 991 g/mol. The van der Waals surface area contributed by atoms with Gasteiger partial charge in [-0.3, -0.25) is 9.59 Å². The van der Waals surface area contributed by atoms with E-state index in [2.05, 4.69) is 19.2 Å². The lowest BCUT2D eigenvalue weighted by atomic mass is 10.0. The highest BCUT2D eigenvalue weighted by molar-refractivity contribution is 5.76. The van der Waals surface area contributed by atoms with Gasteiger partial charge in [0.15, 0.2) is 0 Å². The minimum Gasteiger partial charge on any atom is -0.466 e. The molecule has 418 valence electrons. The zero-order chi connectivity index (χ0) is 50.7. The van der Waals surface area contributed by atoms with Crippen molar-refractivity contribution in [3.63, 3.8) is 0 Å². The Morgan fingerprint density at radius 1 is 0.343 bits per heavy atom. The first kappa shape index (κ1) is 68.9. The number of esters is 1. The molecule has 0 bridgehead atoms. The quantitative estimate of drug-likeness (QED) is 0.0417. The minimum absolute atomic E-state index is 0.0184. The second kappa shape index (κ2) is 60.4. The van der Waals surface area contributed by atoms with Crippen LogP contribution in [0.15, 0.2) is 0 Å². The summed E-state index contributed by atoms with van der Waals surface area (Å²) in [5.41, 5.74) is 0. The summed E-state index contributed by atoms with van der Waals surface area (Å²) in [6.07, 6.45) is 71.2. The van der Waals surface area contributed by atoms with Gasteiger partial charge in [0.2, 0.25) is 5.91 Å². The second-order valence-electron chi connectivity index (χ2n) is 22.5. The smallest absolute Gasteiger partial charge is 0.305 e. The van der Waals surface area contributed by atoms with E-state index in [1.54, 1.807) is 0 Å². The number of unbranched alkanes of at least 4 members (excludes halogenated alkanes) is 50. The summed E-state index contributed by atoms with van der Waals surface area (Å²) in [6, 6.07) is -0.540. The molecule has 0 radical (unpaired) electrons. The maximum absolute atomic E-state index is 12.5. The van der Waals surface area contributed by atoms with Gasteiger partial charge in [0.1, 0.15) is 0 Å². The molecule has 2 atom stereocenters. The van der Waals surface area contributed by atoms with Crippen LogP contribution in [0.1, 0.15) is 373 Å². The maximum atomic E-state index is 12.5. The number of rotatable bonds is 61. The van der Waals surface area contributed by atoms with Gasteiger partial charge in [-0.15, -0.1) is 0 Å². The van der Waals surface area contributed by atoms with Gasteiger partial charge in [-0.1, -0.05) is 335 Å². The lowest BCUT2D eigenvalue weighted by Gasteiger charge is -2.22. The normalized spacial score (nSPS) is 12.5. The first-order chi connectivity index (χ1) is 34.5. The molecule has 3 N–H and O–H groups in total. The Balaban J connectivity index is 3.34. The predicted molar refractivity (Wildman–Crippen MR) is 306 cm³/mol. The van der Waals surface area contributed by atoms with Crippen molar-refractivity contribution in [2.45, 2.75) is 386 Å². The fourth-order valence-electron chi connectivity index (χ4n) is 10.5. The Kier molecular flexibility index (Phi) is 59.4. The summed E-state index contributed by atoms with van der Waals surface area (Å²) in [5.74, 6) is -0.0138. The van der Waals surface area contributed by atoms with Crippen LogP contribution in [0, 0.1) is 0 Å². The highest BCUT2D eigenvalue weighted by Crippen LogP contribution is 2.19. The predicted octanol–water partition coefficient (Wildman–Crippen LogP) is 20.3. The van der Waals surface area contributed by atoms with Gasteiger partial charge in [0.25, 0.3) is 0 Å². The highest BCUT2D eigenvalue weighted by Gasteiger charge is 2.20. The summed E-state index contributed by atoms with van der Waals surface area (Å²) in [4.78, 5) is 24.6. The Labute approximate surface area is 438 Å². The van der Waals surface area contributed by atoms with Crippen molar-refractivity contribution in [3.8, 4) is 0 Å². The molecule has 0 saturated heterocycles. The van der Waals surface area contributed by atoms with Crippen molar-refractivity contribution in [1.82, 2.24) is 5.32 Å². The molecule has 70 heavy (non-hydrogen) atoms. The van der Waals surface area contributed by atoms with E-state index in [1.165, 1.54) is 302 Å². The summed E-state index contributed by atoms with van der Waals surface area (Å²) in [7, 11) is 0. The third kappa shape index (κ3) is 56.2. The van der Waals surface area contributed by atoms with E-state index < -0.39 is 12.1 Å². The number of carbonyl (C=O) groups excluding carboxylic acids is 2. The number of aliphatic hydroxyl groups is 2. The maximum Gasteiger partial charge on any atom is 0.305 e. The monoisotopic (exact) mass is 990 g/mol. The lowest BCUT2D eigenvalue weighted by molar-refractivity contribution is -0.143. The average Bonchev–Trinajstić information content (AvgIpc) is 3.36. The Morgan fingerprint density at radius 2 is 0.586 bits per heavy atom. The topological polar surface area (TPSA) is 95.9 Å². The van der Waals surface area contributed by atoms with Gasteiger partial charge >= 0.3 is 5.97 Å². The van der Waals surface area contributed by atoms with E-state index in [4.69, 9.17) is 4.74 Å². The SMILES string of the molecule is CCCCCCCCCCCCCCCCCCCC(=O)OCCCCCCCCCCCCCCCCCCCCCCCCC(=O)NC(CO)C(O)CCCCCCCCCCCCCCCC. The number of ether oxygens (including phenoxy) is 1. The van der Waals surface area contributed by atoms with E-state index >= 15 is 0 Å². The summed E-state index contributed by atoms with van der Waals surface area (Å²) < 4.78 is 5.50. The van der Waals surface area contributed by atoms with Crippen LogP contribution in [0.2, 0.25) is 0 Å². The van der Waals surface area contributed by atoms with E-state index in [0.717, 1.165) is 38.5 Å². The Bertz CT molecular complexity index is 1010. The zero-order valence-corrected chi connectivity index (χ0v) is 47.8. The van der Waals surface area contributed by atoms with E-state index in [0.29, 0.717) is 25.9 Å². The van der Waals surface area contributed by atoms with Crippen molar-refractivity contribution < 1.29 is 24.5 Å². The Morgan fingerprint density at radius 3 is 0.871 bits per heavy atom. The molecule has 0 aromatic heterocycles. The molecule has 0 rings (SSSR count). The molecule has 6 nitrogen and oxygen atoms in total. The molecule has 0 aromatic carbocycles. The number of hydrogen-bond donors (Lipinski definition) is 3. The van der Waals surface area contributed by atoms with E-state index in [1.807, 2.05) is 0 Å². The number of aliphatic hydroxyl groups excluding tert-OH is 2. The molecular weight excluding hydrogens is 863 g/mol. The highest BCUT2D eigenvalue weighted by atomic mass is 16.5. The molecule has 0 fully saturated rings. The van der Waals surface area contributed by atoms with Gasteiger partial charge in [-0.25, -0.2) is 0 Å².